The molecule has 0 aliphatic heterocycles. The zero-order chi connectivity index (χ0) is 11.4. The molecule has 2 aromatic rings. The highest BCUT2D eigenvalue weighted by Crippen LogP contribution is 2.21. The van der Waals surface area contributed by atoms with Crippen LogP contribution in [-0.4, -0.2) is 4.98 Å². The summed E-state index contributed by atoms with van der Waals surface area (Å²) in [6, 6.07) is 8.82. The third-order valence-corrected chi connectivity index (χ3v) is 2.45. The van der Waals surface area contributed by atoms with Crippen LogP contribution in [0.25, 0.3) is 10.9 Å². The van der Waals surface area contributed by atoms with Gasteiger partial charge in [0.15, 0.2) is 0 Å². The van der Waals surface area contributed by atoms with E-state index in [1.54, 1.807) is 0 Å². The van der Waals surface area contributed by atoms with Crippen LogP contribution in [0.5, 0.6) is 0 Å². The summed E-state index contributed by atoms with van der Waals surface area (Å²) in [5.74, 6) is 0.611. The predicted octanol–water partition coefficient (Wildman–Crippen LogP) is 4.63. The smallest absolute Gasteiger partial charge is 0.0456 e. The molecule has 1 aromatic heterocycles. The molecule has 2 rings (SSSR count). The Bertz CT molecular complexity index is 424. The van der Waals surface area contributed by atoms with E-state index in [1.165, 1.54) is 22.2 Å². The normalized spacial score (nSPS) is 10.3. The van der Waals surface area contributed by atoms with Crippen molar-refractivity contribution in [2.45, 2.75) is 40.5 Å². The Morgan fingerprint density at radius 2 is 1.73 bits per heavy atom. The van der Waals surface area contributed by atoms with E-state index in [9.17, 15) is 0 Å². The average Bonchev–Trinajstić information content (AvgIpc) is 2.59. The van der Waals surface area contributed by atoms with Gasteiger partial charge in [-0.3, -0.25) is 0 Å². The average molecular weight is 203 g/mol. The molecule has 1 nitrogen and oxygen atoms in total. The number of H-pyrrole nitrogens is 1. The highest BCUT2D eigenvalue weighted by atomic mass is 14.7. The molecule has 0 spiro atoms. The number of fused-ring (bicyclic) bond motifs is 1. The van der Waals surface area contributed by atoms with Gasteiger partial charge in [0.05, 0.1) is 0 Å². The summed E-state index contributed by atoms with van der Waals surface area (Å²) in [6.07, 6.45) is 0. The molecule has 0 unspecified atom stereocenters. The summed E-state index contributed by atoms with van der Waals surface area (Å²) in [7, 11) is 0. The lowest BCUT2D eigenvalue weighted by Gasteiger charge is -2.03. The van der Waals surface area contributed by atoms with E-state index in [0.29, 0.717) is 5.92 Å². The lowest BCUT2D eigenvalue weighted by molar-refractivity contribution is 0.869. The Morgan fingerprint density at radius 3 is 2.33 bits per heavy atom. The monoisotopic (exact) mass is 203 g/mol. The second-order valence-corrected chi connectivity index (χ2v) is 3.95. The van der Waals surface area contributed by atoms with Gasteiger partial charge in [-0.25, -0.2) is 0 Å². The summed E-state index contributed by atoms with van der Waals surface area (Å²) in [4.78, 5) is 3.32. The standard InChI is InChI=1S/C12H15N.C2H6/c1-8(2)10-4-5-12-11(7-10)6-9(3)13-12;1-2/h4-8,13H,1-3H3;1-2H3. The third-order valence-electron chi connectivity index (χ3n) is 2.45. The van der Waals surface area contributed by atoms with Gasteiger partial charge in [-0.05, 0) is 42.0 Å². The fourth-order valence-electron chi connectivity index (χ4n) is 1.66. The van der Waals surface area contributed by atoms with Gasteiger partial charge in [0.25, 0.3) is 0 Å². The van der Waals surface area contributed by atoms with Gasteiger partial charge in [0, 0.05) is 11.2 Å². The molecule has 1 heterocycles. The molecular weight excluding hydrogens is 182 g/mol. The second-order valence-electron chi connectivity index (χ2n) is 3.95. The Kier molecular flexibility index (Phi) is 3.96. The van der Waals surface area contributed by atoms with Crippen LogP contribution in [-0.2, 0) is 0 Å². The molecule has 0 saturated heterocycles. The maximum Gasteiger partial charge on any atom is 0.0456 e. The van der Waals surface area contributed by atoms with Crippen molar-refractivity contribution in [3.8, 4) is 0 Å². The van der Waals surface area contributed by atoms with E-state index in [0.717, 1.165) is 0 Å². The topological polar surface area (TPSA) is 15.8 Å². The van der Waals surface area contributed by atoms with E-state index in [-0.39, 0.29) is 0 Å². The van der Waals surface area contributed by atoms with Crippen molar-refractivity contribution >= 4 is 10.9 Å². The van der Waals surface area contributed by atoms with E-state index in [4.69, 9.17) is 0 Å². The maximum absolute atomic E-state index is 3.32. The van der Waals surface area contributed by atoms with E-state index in [1.807, 2.05) is 13.8 Å². The largest absolute Gasteiger partial charge is 0.359 e. The Labute approximate surface area is 92.5 Å². The molecule has 0 aliphatic carbocycles. The molecule has 1 N–H and O–H groups in total. The molecule has 15 heavy (non-hydrogen) atoms. The van der Waals surface area contributed by atoms with Crippen LogP contribution in [0.1, 0.15) is 44.9 Å². The third kappa shape index (κ3) is 2.62. The van der Waals surface area contributed by atoms with Crippen LogP contribution < -0.4 is 0 Å². The minimum atomic E-state index is 0.611. The summed E-state index contributed by atoms with van der Waals surface area (Å²) in [5, 5.41) is 1.32. The Balaban J connectivity index is 0.000000531. The van der Waals surface area contributed by atoms with Crippen molar-refractivity contribution in [3.63, 3.8) is 0 Å². The highest BCUT2D eigenvalue weighted by molar-refractivity contribution is 5.81. The quantitative estimate of drug-likeness (QED) is 0.695. The van der Waals surface area contributed by atoms with Gasteiger partial charge in [0.2, 0.25) is 0 Å². The number of aryl methyl sites for hydroxylation is 1. The SMILES string of the molecule is CC.Cc1cc2cc(C(C)C)ccc2[nH]1. The molecule has 1 aromatic carbocycles. The lowest BCUT2D eigenvalue weighted by Crippen LogP contribution is -1.85. The van der Waals surface area contributed by atoms with Crippen molar-refractivity contribution in [2.24, 2.45) is 0 Å². The van der Waals surface area contributed by atoms with Crippen LogP contribution in [0.4, 0.5) is 0 Å². The Hall–Kier alpha value is -1.24. The van der Waals surface area contributed by atoms with Crippen LogP contribution in [0.2, 0.25) is 0 Å². The molecule has 0 amide bonds. The summed E-state index contributed by atoms with van der Waals surface area (Å²) < 4.78 is 0. The summed E-state index contributed by atoms with van der Waals surface area (Å²) >= 11 is 0. The van der Waals surface area contributed by atoms with Crippen LogP contribution in [0, 0.1) is 6.92 Å². The number of aromatic nitrogens is 1. The second kappa shape index (κ2) is 5.01. The minimum absolute atomic E-state index is 0.611. The van der Waals surface area contributed by atoms with Gasteiger partial charge in [-0.2, -0.15) is 0 Å². The zero-order valence-corrected chi connectivity index (χ0v) is 10.4. The van der Waals surface area contributed by atoms with Crippen molar-refractivity contribution < 1.29 is 0 Å². The molecule has 0 bridgehead atoms. The number of rotatable bonds is 1. The van der Waals surface area contributed by atoms with Crippen LogP contribution in [0.3, 0.4) is 0 Å². The van der Waals surface area contributed by atoms with Crippen LogP contribution in [0.15, 0.2) is 24.3 Å². The lowest BCUT2D eigenvalue weighted by atomic mass is 10.0. The van der Waals surface area contributed by atoms with Crippen molar-refractivity contribution in [1.29, 1.82) is 0 Å². The van der Waals surface area contributed by atoms with Crippen molar-refractivity contribution in [2.75, 3.05) is 0 Å². The minimum Gasteiger partial charge on any atom is -0.359 e. The number of hydrogen-bond acceptors (Lipinski definition) is 0. The van der Waals surface area contributed by atoms with Gasteiger partial charge in [-0.1, -0.05) is 33.8 Å². The van der Waals surface area contributed by atoms with Gasteiger partial charge in [0.1, 0.15) is 0 Å². The number of aromatic amines is 1. The van der Waals surface area contributed by atoms with Gasteiger partial charge < -0.3 is 4.98 Å². The Morgan fingerprint density at radius 1 is 1.07 bits per heavy atom. The molecular formula is C14H21N. The summed E-state index contributed by atoms with van der Waals surface area (Å²) in [5.41, 5.74) is 3.88. The predicted molar refractivity (Wildman–Crippen MR) is 68.5 cm³/mol. The van der Waals surface area contributed by atoms with E-state index in [2.05, 4.69) is 50.0 Å². The van der Waals surface area contributed by atoms with Gasteiger partial charge in [-0.15, -0.1) is 0 Å². The number of benzene rings is 1. The van der Waals surface area contributed by atoms with Gasteiger partial charge >= 0.3 is 0 Å². The maximum atomic E-state index is 3.32. The number of hydrogen-bond donors (Lipinski definition) is 1. The van der Waals surface area contributed by atoms with E-state index >= 15 is 0 Å². The molecule has 0 saturated carbocycles. The first-order valence-corrected chi connectivity index (χ1v) is 5.76. The molecule has 0 fully saturated rings. The number of nitrogens with one attached hydrogen (secondary N) is 1. The van der Waals surface area contributed by atoms with Crippen molar-refractivity contribution in [3.05, 3.63) is 35.5 Å². The highest BCUT2D eigenvalue weighted by Gasteiger charge is 2.01. The molecule has 0 atom stereocenters. The molecule has 1 heteroatoms. The first kappa shape index (κ1) is 11.8. The van der Waals surface area contributed by atoms with E-state index < -0.39 is 0 Å². The fraction of sp³-hybridized carbons (Fsp3) is 0.429. The molecule has 0 radical (unpaired) electrons. The fourth-order valence-corrected chi connectivity index (χ4v) is 1.66. The first-order valence-electron chi connectivity index (χ1n) is 5.76. The van der Waals surface area contributed by atoms with Crippen LogP contribution >= 0.6 is 0 Å². The first-order chi connectivity index (χ1) is 7.16. The summed E-state index contributed by atoms with van der Waals surface area (Å²) in [6.45, 7) is 10.5. The van der Waals surface area contributed by atoms with Crippen molar-refractivity contribution in [1.82, 2.24) is 4.98 Å². The molecule has 82 valence electrons. The zero-order valence-electron chi connectivity index (χ0n) is 10.4. The molecule has 0 aliphatic rings.